The van der Waals surface area contributed by atoms with Crippen molar-refractivity contribution in [3.63, 3.8) is 0 Å². The van der Waals surface area contributed by atoms with Crippen molar-refractivity contribution in [3.8, 4) is 0 Å². The molecule has 0 aliphatic carbocycles. The lowest BCUT2D eigenvalue weighted by atomic mass is 9.91. The number of ether oxygens (including phenoxy) is 1. The molecule has 0 aliphatic heterocycles. The molecular formula is C13H14F3NO3. The van der Waals surface area contributed by atoms with Crippen LogP contribution in [0.15, 0.2) is 12.1 Å². The number of hydrogen-bond acceptors (Lipinski definition) is 4. The second-order valence-corrected chi connectivity index (χ2v) is 4.41. The fourth-order valence-electron chi connectivity index (χ4n) is 1.69. The number of nitrogens with two attached hydrogens (primary N) is 1. The molecule has 2 N–H and O–H groups in total. The van der Waals surface area contributed by atoms with Crippen LogP contribution in [0.3, 0.4) is 0 Å². The molecule has 0 bridgehead atoms. The summed E-state index contributed by atoms with van der Waals surface area (Å²) >= 11 is 0. The SMILES string of the molecule is CC(=O)OC(=O)C[C@@H](N)[C@H](C)c1cc(F)c(F)cc1F. The molecule has 20 heavy (non-hydrogen) atoms. The highest BCUT2D eigenvalue weighted by Gasteiger charge is 2.23. The predicted molar refractivity (Wildman–Crippen MR) is 64.1 cm³/mol. The standard InChI is InChI=1S/C13H14F3NO3/c1-6(12(17)5-13(19)20-7(2)18)8-3-10(15)11(16)4-9(8)14/h3-4,6,12H,5,17H2,1-2H3/t6-,12-/m1/s1. The lowest BCUT2D eigenvalue weighted by Gasteiger charge is -2.20. The van der Waals surface area contributed by atoms with Crippen molar-refractivity contribution in [1.29, 1.82) is 0 Å². The first-order valence-electron chi connectivity index (χ1n) is 5.83. The Labute approximate surface area is 113 Å². The van der Waals surface area contributed by atoms with Crippen molar-refractivity contribution in [2.75, 3.05) is 0 Å². The highest BCUT2D eigenvalue weighted by Crippen LogP contribution is 2.25. The molecule has 0 fully saturated rings. The Hall–Kier alpha value is -1.89. The summed E-state index contributed by atoms with van der Waals surface area (Å²) in [5.74, 6) is -5.86. The van der Waals surface area contributed by atoms with E-state index in [2.05, 4.69) is 4.74 Å². The van der Waals surface area contributed by atoms with E-state index in [0.29, 0.717) is 12.1 Å². The third-order valence-electron chi connectivity index (χ3n) is 2.83. The molecule has 0 spiro atoms. The molecular weight excluding hydrogens is 275 g/mol. The Bertz CT molecular complexity index is 534. The summed E-state index contributed by atoms with van der Waals surface area (Å²) < 4.78 is 43.8. The van der Waals surface area contributed by atoms with Crippen LogP contribution in [0.5, 0.6) is 0 Å². The zero-order chi connectivity index (χ0) is 15.4. The van der Waals surface area contributed by atoms with Gasteiger partial charge < -0.3 is 10.5 Å². The molecule has 0 aliphatic rings. The second kappa shape index (κ2) is 6.51. The minimum Gasteiger partial charge on any atom is -0.393 e. The molecule has 1 aromatic rings. The third-order valence-corrected chi connectivity index (χ3v) is 2.83. The van der Waals surface area contributed by atoms with Gasteiger partial charge in [0.25, 0.3) is 0 Å². The summed E-state index contributed by atoms with van der Waals surface area (Å²) in [7, 11) is 0. The molecule has 7 heteroatoms. The fraction of sp³-hybridized carbons (Fsp3) is 0.385. The van der Waals surface area contributed by atoms with E-state index in [1.807, 2.05) is 0 Å². The highest BCUT2D eigenvalue weighted by molar-refractivity contribution is 5.84. The Kier molecular flexibility index (Phi) is 5.26. The Morgan fingerprint density at radius 2 is 1.75 bits per heavy atom. The zero-order valence-corrected chi connectivity index (χ0v) is 11.0. The van der Waals surface area contributed by atoms with Gasteiger partial charge in [-0.2, -0.15) is 0 Å². The van der Waals surface area contributed by atoms with E-state index in [1.54, 1.807) is 0 Å². The predicted octanol–water partition coefficient (Wildman–Crippen LogP) is 2.01. The van der Waals surface area contributed by atoms with Gasteiger partial charge >= 0.3 is 11.9 Å². The summed E-state index contributed by atoms with van der Waals surface area (Å²) in [6.45, 7) is 2.52. The molecule has 0 radical (unpaired) electrons. The summed E-state index contributed by atoms with van der Waals surface area (Å²) in [6.07, 6.45) is -0.348. The van der Waals surface area contributed by atoms with Gasteiger partial charge in [-0.15, -0.1) is 0 Å². The number of carbonyl (C=O) groups is 2. The first-order chi connectivity index (χ1) is 9.22. The van der Waals surface area contributed by atoms with Gasteiger partial charge in [-0.3, -0.25) is 9.59 Å². The third kappa shape index (κ3) is 4.06. The molecule has 0 amide bonds. The van der Waals surface area contributed by atoms with E-state index in [1.165, 1.54) is 6.92 Å². The van der Waals surface area contributed by atoms with E-state index in [4.69, 9.17) is 5.73 Å². The van der Waals surface area contributed by atoms with E-state index in [0.717, 1.165) is 6.92 Å². The number of benzene rings is 1. The summed E-state index contributed by atoms with van der Waals surface area (Å²) in [6, 6.07) is 0.217. The molecule has 2 atom stereocenters. The number of halogens is 3. The average Bonchev–Trinajstić information content (AvgIpc) is 2.31. The molecule has 0 aromatic heterocycles. The van der Waals surface area contributed by atoms with Crippen LogP contribution in [0.2, 0.25) is 0 Å². The normalized spacial score (nSPS) is 13.7. The second-order valence-electron chi connectivity index (χ2n) is 4.41. The van der Waals surface area contributed by atoms with Crippen molar-refractivity contribution in [2.45, 2.75) is 32.2 Å². The van der Waals surface area contributed by atoms with E-state index >= 15 is 0 Å². The number of carbonyl (C=O) groups excluding carboxylic acids is 2. The monoisotopic (exact) mass is 289 g/mol. The van der Waals surface area contributed by atoms with Crippen molar-refractivity contribution in [1.82, 2.24) is 0 Å². The summed E-state index contributed by atoms with van der Waals surface area (Å²) in [5.41, 5.74) is 5.54. The van der Waals surface area contributed by atoms with Crippen LogP contribution >= 0.6 is 0 Å². The Morgan fingerprint density at radius 3 is 2.30 bits per heavy atom. The van der Waals surface area contributed by atoms with Gasteiger partial charge in [0.15, 0.2) is 11.6 Å². The van der Waals surface area contributed by atoms with E-state index < -0.39 is 41.4 Å². The maximum Gasteiger partial charge on any atom is 0.315 e. The van der Waals surface area contributed by atoms with Gasteiger partial charge in [0, 0.05) is 19.0 Å². The number of esters is 2. The number of rotatable bonds is 4. The van der Waals surface area contributed by atoms with Gasteiger partial charge in [0.2, 0.25) is 0 Å². The smallest absolute Gasteiger partial charge is 0.315 e. The highest BCUT2D eigenvalue weighted by atomic mass is 19.2. The first kappa shape index (κ1) is 16.2. The number of hydrogen-bond donors (Lipinski definition) is 1. The lowest BCUT2D eigenvalue weighted by Crippen LogP contribution is -2.31. The van der Waals surface area contributed by atoms with Crippen molar-refractivity contribution in [2.24, 2.45) is 5.73 Å². The van der Waals surface area contributed by atoms with Gasteiger partial charge in [-0.25, -0.2) is 13.2 Å². The van der Waals surface area contributed by atoms with E-state index in [-0.39, 0.29) is 12.0 Å². The van der Waals surface area contributed by atoms with Gasteiger partial charge in [0.1, 0.15) is 5.82 Å². The lowest BCUT2D eigenvalue weighted by molar-refractivity contribution is -0.158. The Morgan fingerprint density at radius 1 is 1.20 bits per heavy atom. The maximum atomic E-state index is 13.6. The molecule has 0 heterocycles. The summed E-state index contributed by atoms with van der Waals surface area (Å²) in [4.78, 5) is 21.8. The van der Waals surface area contributed by atoms with Crippen LogP contribution < -0.4 is 5.73 Å². The van der Waals surface area contributed by atoms with Crippen LogP contribution in [-0.2, 0) is 14.3 Å². The molecule has 0 saturated carbocycles. The largest absolute Gasteiger partial charge is 0.393 e. The molecule has 110 valence electrons. The maximum absolute atomic E-state index is 13.6. The van der Waals surface area contributed by atoms with Crippen LogP contribution in [-0.4, -0.2) is 18.0 Å². The minimum absolute atomic E-state index is 0.146. The van der Waals surface area contributed by atoms with Crippen LogP contribution in [0.1, 0.15) is 31.7 Å². The van der Waals surface area contributed by atoms with Gasteiger partial charge in [0.05, 0.1) is 6.42 Å². The zero-order valence-electron chi connectivity index (χ0n) is 11.0. The van der Waals surface area contributed by atoms with Crippen molar-refractivity contribution >= 4 is 11.9 Å². The van der Waals surface area contributed by atoms with Crippen LogP contribution in [0.4, 0.5) is 13.2 Å². The fourth-order valence-corrected chi connectivity index (χ4v) is 1.69. The van der Waals surface area contributed by atoms with Crippen molar-refractivity contribution in [3.05, 3.63) is 35.1 Å². The minimum atomic E-state index is -1.30. The molecule has 1 rings (SSSR count). The molecule has 1 aromatic carbocycles. The van der Waals surface area contributed by atoms with E-state index in [9.17, 15) is 22.8 Å². The average molecular weight is 289 g/mol. The Balaban J connectivity index is 2.84. The summed E-state index contributed by atoms with van der Waals surface area (Å²) in [5, 5.41) is 0. The molecule has 0 unspecified atom stereocenters. The van der Waals surface area contributed by atoms with Gasteiger partial charge in [-0.1, -0.05) is 6.92 Å². The van der Waals surface area contributed by atoms with Crippen molar-refractivity contribution < 1.29 is 27.5 Å². The van der Waals surface area contributed by atoms with Gasteiger partial charge in [-0.05, 0) is 17.5 Å². The first-order valence-corrected chi connectivity index (χ1v) is 5.83. The van der Waals surface area contributed by atoms with Crippen LogP contribution in [0.25, 0.3) is 0 Å². The molecule has 0 saturated heterocycles. The topological polar surface area (TPSA) is 69.4 Å². The molecule has 4 nitrogen and oxygen atoms in total. The van der Waals surface area contributed by atoms with Crippen LogP contribution in [0, 0.1) is 17.5 Å². The quantitative estimate of drug-likeness (QED) is 0.523.